The van der Waals surface area contributed by atoms with Crippen LogP contribution in [0.5, 0.6) is 5.75 Å². The Bertz CT molecular complexity index is 1060. The smallest absolute Gasteiger partial charge is 0.0145 e. The summed E-state index contributed by atoms with van der Waals surface area (Å²) in [6.07, 6.45) is 8.48. The summed E-state index contributed by atoms with van der Waals surface area (Å²) >= 11 is -1.77. The Morgan fingerprint density at radius 3 is 1.97 bits per heavy atom. The molecule has 1 aliphatic heterocycles. The molecule has 2 aromatic rings. The standard InChI is InChI=1S/C23H36N.C10H12O.2ClH.Ru/c1-17(2)19-11-10-12-20(18(3)4)21(19)24-16-23(15-22(24,5)6)13-8-7-9-14-23;1-8(2)11-10-7-5-4-6-9(10)3;;;/h10-12,16-18H,7-9,13-15H2,1-6H3;3-8H,1-2H3;2*1H;/q-1;;;;+2/p-2. The summed E-state index contributed by atoms with van der Waals surface area (Å²) in [5.41, 5.74) is 6.18. The van der Waals surface area contributed by atoms with Crippen LogP contribution in [0.2, 0.25) is 0 Å². The largest absolute Gasteiger partial charge is 0.517 e. The van der Waals surface area contributed by atoms with Crippen molar-refractivity contribution in [1.82, 2.24) is 0 Å². The number of anilines is 1. The molecular weight excluding hydrogens is 598 g/mol. The van der Waals surface area contributed by atoms with E-state index in [2.05, 4.69) is 71.2 Å². The average Bonchev–Trinajstić information content (AvgIpc) is 3.09. The van der Waals surface area contributed by atoms with Crippen molar-refractivity contribution in [3.63, 3.8) is 0 Å². The molecule has 0 atom stereocenters. The van der Waals surface area contributed by atoms with Crippen molar-refractivity contribution in [2.24, 2.45) is 5.41 Å². The van der Waals surface area contributed by atoms with E-state index < -0.39 is 13.5 Å². The minimum Gasteiger partial charge on any atom is -0.517 e. The molecule has 2 nitrogen and oxygen atoms in total. The van der Waals surface area contributed by atoms with E-state index in [1.54, 1.807) is 0 Å². The van der Waals surface area contributed by atoms with Gasteiger partial charge in [-0.15, -0.1) is 5.41 Å². The summed E-state index contributed by atoms with van der Waals surface area (Å²) < 4.78 is 7.51. The molecule has 1 saturated carbocycles. The van der Waals surface area contributed by atoms with Gasteiger partial charge in [0.15, 0.2) is 0 Å². The van der Waals surface area contributed by atoms with Gasteiger partial charge in [0.2, 0.25) is 0 Å². The molecule has 1 heterocycles. The second-order valence-corrected chi connectivity index (χ2v) is 18.2. The molecule has 2 aromatic carbocycles. The van der Waals surface area contributed by atoms with Crippen molar-refractivity contribution < 1.29 is 18.3 Å². The van der Waals surface area contributed by atoms with Crippen molar-refractivity contribution in [3.8, 4) is 5.75 Å². The van der Waals surface area contributed by atoms with Crippen molar-refractivity contribution in [1.29, 1.82) is 0 Å². The molecular formula is C33H48Cl2NORu-. The topological polar surface area (TPSA) is 12.5 Å². The molecule has 1 aliphatic carbocycles. The number of hydrogen-bond donors (Lipinski definition) is 0. The van der Waals surface area contributed by atoms with Gasteiger partial charge in [-0.05, 0) is 36.8 Å². The minimum absolute atomic E-state index is 0.163. The zero-order chi connectivity index (χ0) is 28.1. The molecule has 5 heteroatoms. The van der Waals surface area contributed by atoms with Crippen LogP contribution in [0.15, 0.2) is 42.5 Å². The van der Waals surface area contributed by atoms with E-state index in [4.69, 9.17) is 24.1 Å². The molecule has 0 N–H and O–H groups in total. The fourth-order valence-corrected chi connectivity index (χ4v) is 7.98. The Morgan fingerprint density at radius 2 is 1.45 bits per heavy atom. The van der Waals surface area contributed by atoms with Crippen molar-refractivity contribution >= 4 is 29.7 Å². The third-order valence-electron chi connectivity index (χ3n) is 7.74. The SMILES string of the molecule is CC(C)Oc1ccccc1[CH]=[Ru]([Cl])[Cl].CC(C)c1cccc(C(C)C)c1N1[CH-]C2(CCCCC2)CC1(C)C. The first kappa shape index (κ1) is 31.6. The van der Waals surface area contributed by atoms with Gasteiger partial charge in [-0.1, -0.05) is 84.4 Å². The fraction of sp³-hybridized carbons (Fsp3) is 0.576. The molecule has 4 rings (SSSR count). The van der Waals surface area contributed by atoms with Crippen molar-refractivity contribution in [2.75, 3.05) is 4.90 Å². The number of halogens is 2. The maximum Gasteiger partial charge on any atom is 0.0145 e. The molecule has 0 amide bonds. The third-order valence-corrected chi connectivity index (χ3v) is 9.57. The van der Waals surface area contributed by atoms with Crippen LogP contribution in [-0.2, 0) is 13.5 Å². The summed E-state index contributed by atoms with van der Waals surface area (Å²) in [5.74, 6) is 1.97. The van der Waals surface area contributed by atoms with Crippen LogP contribution >= 0.6 is 19.4 Å². The minimum atomic E-state index is -1.77. The Hall–Kier alpha value is -0.887. The van der Waals surface area contributed by atoms with Gasteiger partial charge in [0, 0.05) is 11.2 Å². The Kier molecular flexibility index (Phi) is 11.4. The average molecular weight is 647 g/mol. The first-order valence-corrected chi connectivity index (χ1v) is 19.7. The van der Waals surface area contributed by atoms with E-state index in [1.165, 1.54) is 55.3 Å². The van der Waals surface area contributed by atoms with Gasteiger partial charge in [0.1, 0.15) is 0 Å². The molecule has 38 heavy (non-hydrogen) atoms. The van der Waals surface area contributed by atoms with Gasteiger partial charge in [0.05, 0.1) is 0 Å². The zero-order valence-electron chi connectivity index (χ0n) is 24.6. The van der Waals surface area contributed by atoms with Crippen LogP contribution in [0, 0.1) is 12.0 Å². The molecule has 1 saturated heterocycles. The van der Waals surface area contributed by atoms with Crippen LogP contribution in [0.25, 0.3) is 0 Å². The predicted octanol–water partition coefficient (Wildman–Crippen LogP) is 10.6. The maximum atomic E-state index is 5.82. The summed E-state index contributed by atoms with van der Waals surface area (Å²) in [5, 5.41) is 0. The Labute approximate surface area is 246 Å². The van der Waals surface area contributed by atoms with Crippen LogP contribution in [0.1, 0.15) is 122 Å². The van der Waals surface area contributed by atoms with E-state index in [0.717, 1.165) is 11.3 Å². The number of rotatable bonds is 6. The first-order valence-electron chi connectivity index (χ1n) is 14.2. The van der Waals surface area contributed by atoms with E-state index >= 15 is 0 Å². The van der Waals surface area contributed by atoms with Crippen molar-refractivity contribution in [3.05, 3.63) is 65.7 Å². The van der Waals surface area contributed by atoms with Gasteiger partial charge in [0.25, 0.3) is 0 Å². The number of benzene rings is 2. The summed E-state index contributed by atoms with van der Waals surface area (Å²) in [6.45, 7) is 20.9. The predicted molar refractivity (Wildman–Crippen MR) is 165 cm³/mol. The summed E-state index contributed by atoms with van der Waals surface area (Å²) in [6, 6.07) is 14.7. The second kappa shape index (κ2) is 13.7. The molecule has 0 unspecified atom stereocenters. The van der Waals surface area contributed by atoms with Crippen LogP contribution < -0.4 is 9.64 Å². The van der Waals surface area contributed by atoms with Crippen LogP contribution in [0.4, 0.5) is 5.69 Å². The van der Waals surface area contributed by atoms with Crippen molar-refractivity contribution in [2.45, 2.75) is 117 Å². The number of ether oxygens (including phenoxy) is 1. The van der Waals surface area contributed by atoms with E-state index in [-0.39, 0.29) is 11.6 Å². The third kappa shape index (κ3) is 8.08. The number of para-hydroxylation sites is 2. The van der Waals surface area contributed by atoms with Gasteiger partial charge in [-0.2, -0.15) is 0 Å². The van der Waals surface area contributed by atoms with E-state index in [1.807, 2.05) is 42.7 Å². The Morgan fingerprint density at radius 1 is 0.868 bits per heavy atom. The molecule has 0 bridgehead atoms. The Balaban J connectivity index is 0.000000244. The van der Waals surface area contributed by atoms with Gasteiger partial charge < -0.3 is 4.90 Å². The molecule has 0 radical (unpaired) electrons. The summed E-state index contributed by atoms with van der Waals surface area (Å²) in [4.78, 5) is 2.68. The van der Waals surface area contributed by atoms with Gasteiger partial charge in [-0.3, -0.25) is 0 Å². The maximum absolute atomic E-state index is 5.82. The van der Waals surface area contributed by atoms with Crippen LogP contribution in [0.3, 0.4) is 0 Å². The molecule has 1 spiro atoms. The quantitative estimate of drug-likeness (QED) is 0.229. The monoisotopic (exact) mass is 646 g/mol. The van der Waals surface area contributed by atoms with Crippen LogP contribution in [-0.4, -0.2) is 16.3 Å². The summed E-state index contributed by atoms with van der Waals surface area (Å²) in [7, 11) is 11.6. The van der Waals surface area contributed by atoms with Gasteiger partial charge in [-0.25, -0.2) is 6.54 Å². The fourth-order valence-electron chi connectivity index (χ4n) is 6.17. The molecule has 2 fully saturated rings. The first-order chi connectivity index (χ1) is 17.8. The molecule has 2 aliphatic rings. The molecule has 214 valence electrons. The van der Waals surface area contributed by atoms with E-state index in [9.17, 15) is 0 Å². The normalized spacial score (nSPS) is 18.6. The number of nitrogens with zero attached hydrogens (tertiary/aromatic N) is 1. The molecule has 0 aromatic heterocycles. The zero-order valence-corrected chi connectivity index (χ0v) is 27.9. The van der Waals surface area contributed by atoms with Gasteiger partial charge >= 0.3 is 97.8 Å². The number of hydrogen-bond acceptors (Lipinski definition) is 2. The van der Waals surface area contributed by atoms with E-state index in [0.29, 0.717) is 17.3 Å². The second-order valence-electron chi connectivity index (χ2n) is 12.5.